The second-order valence-corrected chi connectivity index (χ2v) is 7.18. The molecule has 0 saturated heterocycles. The molecule has 2 aromatic carbocycles. The summed E-state index contributed by atoms with van der Waals surface area (Å²) >= 11 is 0. The van der Waals surface area contributed by atoms with Crippen LogP contribution < -0.4 is 14.8 Å². The predicted molar refractivity (Wildman–Crippen MR) is 107 cm³/mol. The van der Waals surface area contributed by atoms with Gasteiger partial charge in [-0.15, -0.1) is 0 Å². The maximum atomic E-state index is 12.7. The van der Waals surface area contributed by atoms with Gasteiger partial charge in [0, 0.05) is 25.8 Å². The molecule has 0 saturated carbocycles. The number of carbonyl (C=O) groups is 3. The molecule has 3 amide bonds. The summed E-state index contributed by atoms with van der Waals surface area (Å²) in [4.78, 5) is 39.1. The van der Waals surface area contributed by atoms with Crippen LogP contribution in [0.4, 0.5) is 0 Å². The quantitative estimate of drug-likeness (QED) is 0.557. The lowest BCUT2D eigenvalue weighted by Crippen LogP contribution is -2.31. The van der Waals surface area contributed by atoms with E-state index in [2.05, 4.69) is 5.32 Å². The van der Waals surface area contributed by atoms with Gasteiger partial charge in [-0.25, -0.2) is 0 Å². The maximum Gasteiger partial charge on any atom is 0.261 e. The van der Waals surface area contributed by atoms with Crippen LogP contribution in [0.5, 0.6) is 11.5 Å². The van der Waals surface area contributed by atoms with Crippen molar-refractivity contribution in [2.24, 2.45) is 0 Å². The first-order valence-corrected chi connectivity index (χ1v) is 9.69. The lowest BCUT2D eigenvalue weighted by molar-refractivity contribution is 0.0638. The lowest BCUT2D eigenvalue weighted by Gasteiger charge is -2.15. The first kappa shape index (κ1) is 19.9. The van der Waals surface area contributed by atoms with Crippen molar-refractivity contribution in [3.63, 3.8) is 0 Å². The zero-order valence-electron chi connectivity index (χ0n) is 16.8. The Hall–Kier alpha value is -3.39. The van der Waals surface area contributed by atoms with E-state index in [9.17, 15) is 14.4 Å². The molecule has 0 radical (unpaired) electrons. The highest BCUT2D eigenvalue weighted by Crippen LogP contribution is 2.34. The van der Waals surface area contributed by atoms with Crippen LogP contribution >= 0.6 is 0 Å². The summed E-state index contributed by atoms with van der Waals surface area (Å²) in [5.41, 5.74) is 1.75. The molecule has 30 heavy (non-hydrogen) atoms. The third kappa shape index (κ3) is 3.61. The fourth-order valence-corrected chi connectivity index (χ4v) is 3.55. The first-order valence-electron chi connectivity index (χ1n) is 9.69. The monoisotopic (exact) mass is 410 g/mol. The van der Waals surface area contributed by atoms with Gasteiger partial charge in [0.1, 0.15) is 0 Å². The van der Waals surface area contributed by atoms with Gasteiger partial charge in [-0.3, -0.25) is 19.3 Å². The normalized spacial score (nSPS) is 15.3. The van der Waals surface area contributed by atoms with E-state index in [1.54, 1.807) is 19.2 Å². The molecule has 156 valence electrons. The average Bonchev–Trinajstić information content (AvgIpc) is 3.31. The molecule has 0 aliphatic carbocycles. The zero-order chi connectivity index (χ0) is 21.3. The molecule has 1 N–H and O–H groups in total. The number of fused-ring (bicyclic) bond motifs is 2. The van der Waals surface area contributed by atoms with Gasteiger partial charge in [0.15, 0.2) is 11.5 Å². The summed E-state index contributed by atoms with van der Waals surface area (Å²) in [6, 6.07) is 9.78. The van der Waals surface area contributed by atoms with E-state index >= 15 is 0 Å². The summed E-state index contributed by atoms with van der Waals surface area (Å²) in [6.45, 7) is 2.78. The molecular weight excluding hydrogens is 388 g/mol. The minimum atomic E-state index is -0.385. The Bertz CT molecular complexity index is 1020. The van der Waals surface area contributed by atoms with Crippen LogP contribution in [0, 0.1) is 0 Å². The van der Waals surface area contributed by atoms with E-state index in [4.69, 9.17) is 14.2 Å². The van der Waals surface area contributed by atoms with E-state index in [0.29, 0.717) is 35.7 Å². The summed E-state index contributed by atoms with van der Waals surface area (Å²) in [5.74, 6) is 0.260. The van der Waals surface area contributed by atoms with E-state index in [-0.39, 0.29) is 42.7 Å². The molecule has 0 aromatic heterocycles. The molecule has 0 spiro atoms. The smallest absolute Gasteiger partial charge is 0.261 e. The molecule has 2 heterocycles. The van der Waals surface area contributed by atoms with Crippen LogP contribution in [0.15, 0.2) is 36.4 Å². The van der Waals surface area contributed by atoms with Crippen molar-refractivity contribution < 1.29 is 28.6 Å². The molecule has 1 unspecified atom stereocenters. The largest absolute Gasteiger partial charge is 0.454 e. The van der Waals surface area contributed by atoms with Gasteiger partial charge in [-0.1, -0.05) is 6.07 Å². The minimum Gasteiger partial charge on any atom is -0.454 e. The summed E-state index contributed by atoms with van der Waals surface area (Å²) in [6.07, 6.45) is 0.558. The van der Waals surface area contributed by atoms with Gasteiger partial charge in [-0.05, 0) is 49.2 Å². The van der Waals surface area contributed by atoms with E-state index in [1.807, 2.05) is 19.1 Å². The lowest BCUT2D eigenvalue weighted by atomic mass is 10.0. The second-order valence-electron chi connectivity index (χ2n) is 7.18. The summed E-state index contributed by atoms with van der Waals surface area (Å²) in [5, 5.41) is 2.91. The number of ether oxygens (including phenoxy) is 3. The van der Waals surface area contributed by atoms with Gasteiger partial charge in [0.25, 0.3) is 17.7 Å². The number of rotatable bonds is 7. The van der Waals surface area contributed by atoms with Crippen molar-refractivity contribution in [2.45, 2.75) is 19.4 Å². The Labute approximate surface area is 173 Å². The Balaban J connectivity index is 1.47. The zero-order valence-corrected chi connectivity index (χ0v) is 16.8. The molecular formula is C22H22N2O6. The number of amides is 3. The average molecular weight is 410 g/mol. The molecule has 8 nitrogen and oxygen atoms in total. The van der Waals surface area contributed by atoms with E-state index in [1.165, 1.54) is 17.0 Å². The third-order valence-corrected chi connectivity index (χ3v) is 5.21. The maximum absolute atomic E-state index is 12.7. The number of imide groups is 1. The van der Waals surface area contributed by atoms with Crippen molar-refractivity contribution in [1.82, 2.24) is 10.2 Å². The molecule has 2 aliphatic heterocycles. The van der Waals surface area contributed by atoms with Crippen molar-refractivity contribution in [2.75, 3.05) is 27.1 Å². The van der Waals surface area contributed by atoms with Crippen LogP contribution in [0.3, 0.4) is 0 Å². The number of hydrogen-bond donors (Lipinski definition) is 1. The molecule has 0 fully saturated rings. The van der Waals surface area contributed by atoms with Gasteiger partial charge in [0.2, 0.25) is 6.79 Å². The van der Waals surface area contributed by atoms with Gasteiger partial charge in [0.05, 0.1) is 17.2 Å². The molecule has 1 atom stereocenters. The fourth-order valence-electron chi connectivity index (χ4n) is 3.55. The van der Waals surface area contributed by atoms with Crippen LogP contribution in [0.2, 0.25) is 0 Å². The fraction of sp³-hybridized carbons (Fsp3) is 0.318. The van der Waals surface area contributed by atoms with Gasteiger partial charge in [-0.2, -0.15) is 0 Å². The predicted octanol–water partition coefficient (Wildman–Crippen LogP) is 2.54. The second kappa shape index (κ2) is 8.16. The van der Waals surface area contributed by atoms with Crippen LogP contribution in [-0.4, -0.2) is 49.7 Å². The SMILES string of the molecule is COCCCN1C(=O)c2ccc(C(=O)NC(C)c3ccc4c(c3)OCO4)cc2C1=O. The van der Waals surface area contributed by atoms with Crippen molar-refractivity contribution >= 4 is 17.7 Å². The molecule has 0 bridgehead atoms. The van der Waals surface area contributed by atoms with Crippen LogP contribution in [-0.2, 0) is 4.74 Å². The van der Waals surface area contributed by atoms with E-state index in [0.717, 1.165) is 5.56 Å². The minimum absolute atomic E-state index is 0.184. The highest BCUT2D eigenvalue weighted by atomic mass is 16.7. The number of nitrogens with zero attached hydrogens (tertiary/aromatic N) is 1. The van der Waals surface area contributed by atoms with Crippen molar-refractivity contribution in [1.29, 1.82) is 0 Å². The summed E-state index contributed by atoms with van der Waals surface area (Å²) < 4.78 is 15.7. The molecule has 4 rings (SSSR count). The van der Waals surface area contributed by atoms with Gasteiger partial charge >= 0.3 is 0 Å². The molecule has 2 aliphatic rings. The number of nitrogens with one attached hydrogen (secondary N) is 1. The van der Waals surface area contributed by atoms with Crippen molar-refractivity contribution in [3.8, 4) is 11.5 Å². The summed E-state index contributed by atoms with van der Waals surface area (Å²) in [7, 11) is 1.57. The van der Waals surface area contributed by atoms with Crippen molar-refractivity contribution in [3.05, 3.63) is 58.7 Å². The standard InChI is InChI=1S/C22H22N2O6/c1-13(14-5-7-18-19(11-14)30-12-29-18)23-20(25)15-4-6-16-17(10-15)22(27)24(21(16)26)8-3-9-28-2/h4-7,10-11,13H,3,8-9,12H2,1-2H3,(H,23,25). The number of hydrogen-bond acceptors (Lipinski definition) is 6. The number of carbonyl (C=O) groups excluding carboxylic acids is 3. The number of methoxy groups -OCH3 is 1. The van der Waals surface area contributed by atoms with E-state index < -0.39 is 0 Å². The van der Waals surface area contributed by atoms with Gasteiger partial charge < -0.3 is 19.5 Å². The molecule has 8 heteroatoms. The topological polar surface area (TPSA) is 94.2 Å². The Morgan fingerprint density at radius 2 is 1.87 bits per heavy atom. The Morgan fingerprint density at radius 1 is 1.10 bits per heavy atom. The number of benzene rings is 2. The highest BCUT2D eigenvalue weighted by Gasteiger charge is 2.35. The van der Waals surface area contributed by atoms with Crippen LogP contribution in [0.1, 0.15) is 56.0 Å². The Morgan fingerprint density at radius 3 is 2.67 bits per heavy atom. The third-order valence-electron chi connectivity index (χ3n) is 5.21. The van der Waals surface area contributed by atoms with Crippen LogP contribution in [0.25, 0.3) is 0 Å². The molecule has 2 aromatic rings. The first-order chi connectivity index (χ1) is 14.5. The highest BCUT2D eigenvalue weighted by molar-refractivity contribution is 6.22. The Kier molecular flexibility index (Phi) is 5.41.